The standard InChI is InChI=1S/C27H38N2O3/c1-3-4-5-6-7-8-9-10-14-17-27(30)29-28-21-24-18-19-25(26(20-24)31-2)32-22-23-15-12-11-13-16-23/h11-13,15-16,18-21H,3-10,14,17,22H2,1-2H3,(H,29,30). The molecule has 0 aromatic heterocycles. The minimum Gasteiger partial charge on any atom is -0.493 e. The predicted molar refractivity (Wildman–Crippen MR) is 131 cm³/mol. The first-order valence-electron chi connectivity index (χ1n) is 11.9. The summed E-state index contributed by atoms with van der Waals surface area (Å²) in [6.45, 7) is 2.71. The maximum Gasteiger partial charge on any atom is 0.240 e. The van der Waals surface area contributed by atoms with Gasteiger partial charge in [0.1, 0.15) is 6.61 Å². The van der Waals surface area contributed by atoms with E-state index in [0.717, 1.165) is 24.0 Å². The first-order valence-corrected chi connectivity index (χ1v) is 11.9. The van der Waals surface area contributed by atoms with E-state index in [2.05, 4.69) is 17.5 Å². The molecule has 0 aliphatic carbocycles. The van der Waals surface area contributed by atoms with E-state index in [1.165, 1.54) is 44.9 Å². The van der Waals surface area contributed by atoms with Crippen molar-refractivity contribution in [2.75, 3.05) is 7.11 Å². The van der Waals surface area contributed by atoms with E-state index in [0.29, 0.717) is 24.5 Å². The van der Waals surface area contributed by atoms with Gasteiger partial charge in [-0.2, -0.15) is 5.10 Å². The van der Waals surface area contributed by atoms with Crippen molar-refractivity contribution < 1.29 is 14.3 Å². The molecule has 0 fully saturated rings. The smallest absolute Gasteiger partial charge is 0.240 e. The van der Waals surface area contributed by atoms with Crippen LogP contribution in [0.25, 0.3) is 0 Å². The molecule has 2 rings (SSSR count). The van der Waals surface area contributed by atoms with Crippen LogP contribution in [0.3, 0.4) is 0 Å². The third-order valence-corrected chi connectivity index (χ3v) is 5.34. The third-order valence-electron chi connectivity index (χ3n) is 5.34. The van der Waals surface area contributed by atoms with Crippen molar-refractivity contribution in [3.63, 3.8) is 0 Å². The second-order valence-electron chi connectivity index (χ2n) is 8.06. The topological polar surface area (TPSA) is 59.9 Å². The Kier molecular flexibility index (Phi) is 12.6. The molecule has 1 amide bonds. The molecule has 1 N–H and O–H groups in total. The summed E-state index contributed by atoms with van der Waals surface area (Å²) >= 11 is 0. The van der Waals surface area contributed by atoms with Crippen molar-refractivity contribution in [1.82, 2.24) is 5.43 Å². The van der Waals surface area contributed by atoms with Gasteiger partial charge >= 0.3 is 0 Å². The number of ether oxygens (including phenoxy) is 2. The Hall–Kier alpha value is -2.82. The molecule has 0 heterocycles. The first kappa shape index (κ1) is 25.4. The number of nitrogens with zero attached hydrogens (tertiary/aromatic N) is 1. The second-order valence-corrected chi connectivity index (χ2v) is 8.06. The molecule has 32 heavy (non-hydrogen) atoms. The summed E-state index contributed by atoms with van der Waals surface area (Å²) in [5.41, 5.74) is 4.54. The Labute approximate surface area is 193 Å². The minimum atomic E-state index is -0.0426. The van der Waals surface area contributed by atoms with Gasteiger partial charge in [-0.1, -0.05) is 88.6 Å². The Morgan fingerprint density at radius 2 is 1.59 bits per heavy atom. The SMILES string of the molecule is CCCCCCCCCCCC(=O)NN=Cc1ccc(OCc2ccccc2)c(OC)c1. The zero-order valence-corrected chi connectivity index (χ0v) is 19.6. The quantitative estimate of drug-likeness (QED) is 0.181. The summed E-state index contributed by atoms with van der Waals surface area (Å²) in [5.74, 6) is 1.26. The van der Waals surface area contributed by atoms with E-state index >= 15 is 0 Å². The summed E-state index contributed by atoms with van der Waals surface area (Å²) in [7, 11) is 1.61. The number of benzene rings is 2. The molecule has 0 radical (unpaired) electrons. The van der Waals surface area contributed by atoms with E-state index in [1.807, 2.05) is 48.5 Å². The van der Waals surface area contributed by atoms with Gasteiger partial charge in [0, 0.05) is 6.42 Å². The van der Waals surface area contributed by atoms with Crippen LogP contribution in [0.5, 0.6) is 11.5 Å². The molecule has 2 aromatic carbocycles. The second kappa shape index (κ2) is 15.9. The average Bonchev–Trinajstić information content (AvgIpc) is 2.82. The lowest BCUT2D eigenvalue weighted by molar-refractivity contribution is -0.121. The van der Waals surface area contributed by atoms with Crippen LogP contribution in [0.15, 0.2) is 53.6 Å². The molecule has 0 atom stereocenters. The maximum absolute atomic E-state index is 12.0. The van der Waals surface area contributed by atoms with Gasteiger partial charge in [0.2, 0.25) is 5.91 Å². The van der Waals surface area contributed by atoms with Crippen molar-refractivity contribution in [2.24, 2.45) is 5.10 Å². The molecule has 0 aliphatic heterocycles. The minimum absolute atomic E-state index is 0.0426. The molecule has 0 spiro atoms. The van der Waals surface area contributed by atoms with Gasteiger partial charge < -0.3 is 9.47 Å². The van der Waals surface area contributed by atoms with Crippen molar-refractivity contribution in [2.45, 2.75) is 77.7 Å². The summed E-state index contributed by atoms with van der Waals surface area (Å²) in [5, 5.41) is 4.08. The van der Waals surface area contributed by atoms with Crippen molar-refractivity contribution in [3.8, 4) is 11.5 Å². The molecule has 5 nitrogen and oxygen atoms in total. The lowest BCUT2D eigenvalue weighted by atomic mass is 10.1. The normalized spacial score (nSPS) is 10.9. The van der Waals surface area contributed by atoms with Crippen LogP contribution in [0, 0.1) is 0 Å². The van der Waals surface area contributed by atoms with Gasteiger partial charge in [0.25, 0.3) is 0 Å². The molecule has 174 valence electrons. The highest BCUT2D eigenvalue weighted by atomic mass is 16.5. The average molecular weight is 439 g/mol. The number of carbonyl (C=O) groups is 1. The number of hydrogen-bond donors (Lipinski definition) is 1. The van der Waals surface area contributed by atoms with Gasteiger partial charge in [0.15, 0.2) is 11.5 Å². The zero-order valence-electron chi connectivity index (χ0n) is 19.6. The summed E-state index contributed by atoms with van der Waals surface area (Å²) in [6.07, 6.45) is 13.3. The van der Waals surface area contributed by atoms with Crippen LogP contribution in [0.2, 0.25) is 0 Å². The molecule has 0 unspecified atom stereocenters. The fraction of sp³-hybridized carbons (Fsp3) is 0.481. The fourth-order valence-electron chi connectivity index (χ4n) is 3.45. The Morgan fingerprint density at radius 3 is 2.28 bits per heavy atom. The van der Waals surface area contributed by atoms with Crippen molar-refractivity contribution >= 4 is 12.1 Å². The molecule has 0 aliphatic rings. The highest BCUT2D eigenvalue weighted by molar-refractivity contribution is 5.83. The molecular weight excluding hydrogens is 400 g/mol. The molecule has 2 aromatic rings. The summed E-state index contributed by atoms with van der Waals surface area (Å²) < 4.78 is 11.3. The number of nitrogens with one attached hydrogen (secondary N) is 1. The molecular formula is C27H38N2O3. The van der Waals surface area contributed by atoms with Gasteiger partial charge in [-0.25, -0.2) is 5.43 Å². The summed E-state index contributed by atoms with van der Waals surface area (Å²) in [4.78, 5) is 12.0. The highest BCUT2D eigenvalue weighted by Crippen LogP contribution is 2.28. The first-order chi connectivity index (χ1) is 15.7. The number of amides is 1. The Bertz CT molecular complexity index is 806. The fourth-order valence-corrected chi connectivity index (χ4v) is 3.45. The van der Waals surface area contributed by atoms with Crippen LogP contribution in [0.1, 0.15) is 82.3 Å². The van der Waals surface area contributed by atoms with Crippen LogP contribution in [0.4, 0.5) is 0 Å². The third kappa shape index (κ3) is 10.5. The van der Waals surface area contributed by atoms with E-state index in [9.17, 15) is 4.79 Å². The molecule has 0 saturated carbocycles. The van der Waals surface area contributed by atoms with Crippen LogP contribution < -0.4 is 14.9 Å². The Balaban J connectivity index is 1.66. The predicted octanol–water partition coefficient (Wildman–Crippen LogP) is 6.65. The number of carbonyl (C=O) groups excluding carboxylic acids is 1. The van der Waals surface area contributed by atoms with Crippen molar-refractivity contribution in [3.05, 3.63) is 59.7 Å². The maximum atomic E-state index is 12.0. The number of rotatable bonds is 16. The van der Waals surface area contributed by atoms with Crippen LogP contribution >= 0.6 is 0 Å². The van der Waals surface area contributed by atoms with E-state index < -0.39 is 0 Å². The lowest BCUT2D eigenvalue weighted by Crippen LogP contribution is -2.16. The van der Waals surface area contributed by atoms with Crippen LogP contribution in [-0.2, 0) is 11.4 Å². The van der Waals surface area contributed by atoms with E-state index in [1.54, 1.807) is 13.3 Å². The zero-order chi connectivity index (χ0) is 22.9. The lowest BCUT2D eigenvalue weighted by Gasteiger charge is -2.11. The molecule has 5 heteroatoms. The number of unbranched alkanes of at least 4 members (excludes halogenated alkanes) is 8. The highest BCUT2D eigenvalue weighted by Gasteiger charge is 2.06. The van der Waals surface area contributed by atoms with Crippen LogP contribution in [-0.4, -0.2) is 19.2 Å². The summed E-state index contributed by atoms with van der Waals surface area (Å²) in [6, 6.07) is 15.6. The van der Waals surface area contributed by atoms with Gasteiger partial charge in [-0.3, -0.25) is 4.79 Å². The van der Waals surface area contributed by atoms with Crippen molar-refractivity contribution in [1.29, 1.82) is 0 Å². The molecule has 0 bridgehead atoms. The van der Waals surface area contributed by atoms with Gasteiger partial charge in [-0.05, 0) is 35.7 Å². The van der Waals surface area contributed by atoms with E-state index in [-0.39, 0.29) is 5.91 Å². The number of hydrogen-bond acceptors (Lipinski definition) is 4. The van der Waals surface area contributed by atoms with Gasteiger partial charge in [0.05, 0.1) is 13.3 Å². The monoisotopic (exact) mass is 438 g/mol. The Morgan fingerprint density at radius 1 is 0.906 bits per heavy atom. The van der Waals surface area contributed by atoms with Gasteiger partial charge in [-0.15, -0.1) is 0 Å². The number of methoxy groups -OCH3 is 1. The number of hydrazone groups is 1. The van der Waals surface area contributed by atoms with E-state index in [4.69, 9.17) is 9.47 Å². The largest absolute Gasteiger partial charge is 0.493 e. The molecule has 0 saturated heterocycles.